The van der Waals surface area contributed by atoms with Crippen LogP contribution in [0.15, 0.2) is 22.7 Å². The number of carbonyl (C=O) groups is 2. The van der Waals surface area contributed by atoms with Gasteiger partial charge in [0.25, 0.3) is 0 Å². The number of rotatable bonds is 6. The Hall–Kier alpha value is -1.60. The van der Waals surface area contributed by atoms with Crippen molar-refractivity contribution >= 4 is 27.7 Å². The number of piperazine rings is 1. The van der Waals surface area contributed by atoms with E-state index in [1.54, 1.807) is 9.80 Å². The van der Waals surface area contributed by atoms with Crippen molar-refractivity contribution in [2.24, 2.45) is 5.73 Å². The van der Waals surface area contributed by atoms with Crippen molar-refractivity contribution in [2.45, 2.75) is 19.8 Å². The van der Waals surface area contributed by atoms with Crippen LogP contribution < -0.4 is 10.5 Å². The Morgan fingerprint density at radius 1 is 1.12 bits per heavy atom. The quantitative estimate of drug-likeness (QED) is 0.789. The van der Waals surface area contributed by atoms with Crippen LogP contribution in [0.1, 0.15) is 18.4 Å². The highest BCUT2D eigenvalue weighted by Crippen LogP contribution is 2.25. The van der Waals surface area contributed by atoms with Gasteiger partial charge < -0.3 is 20.3 Å². The lowest BCUT2D eigenvalue weighted by molar-refractivity contribution is -0.139. The molecule has 0 aliphatic carbocycles. The number of benzene rings is 1. The van der Waals surface area contributed by atoms with Crippen LogP contribution in [-0.2, 0) is 9.59 Å². The van der Waals surface area contributed by atoms with Crippen molar-refractivity contribution in [2.75, 3.05) is 39.3 Å². The van der Waals surface area contributed by atoms with Gasteiger partial charge >= 0.3 is 0 Å². The molecule has 2 rings (SSSR count). The summed E-state index contributed by atoms with van der Waals surface area (Å²) in [6.07, 6.45) is 0.699. The van der Waals surface area contributed by atoms with E-state index in [-0.39, 0.29) is 11.8 Å². The summed E-state index contributed by atoms with van der Waals surface area (Å²) in [6.45, 7) is 5.02. The zero-order valence-electron chi connectivity index (χ0n) is 14.0. The number of amides is 2. The summed E-state index contributed by atoms with van der Waals surface area (Å²) in [5.74, 6) is 0.868. The van der Waals surface area contributed by atoms with E-state index in [2.05, 4.69) is 15.9 Å². The first kappa shape index (κ1) is 18.7. The first-order valence-electron chi connectivity index (χ1n) is 8.16. The van der Waals surface area contributed by atoms with Crippen molar-refractivity contribution in [1.82, 2.24) is 9.80 Å². The van der Waals surface area contributed by atoms with Crippen LogP contribution in [0.25, 0.3) is 0 Å². The molecular weight excluding hydrogens is 374 g/mol. The largest absolute Gasteiger partial charge is 0.492 e. The summed E-state index contributed by atoms with van der Waals surface area (Å²) in [6, 6.07) is 5.85. The SMILES string of the molecule is Cc1ccc(OCCC(=O)N2CCN(C(=O)CCN)CC2)c(Br)c1. The number of nitrogens with zero attached hydrogens (tertiary/aromatic N) is 2. The molecule has 1 aliphatic heterocycles. The Morgan fingerprint density at radius 3 is 2.25 bits per heavy atom. The lowest BCUT2D eigenvalue weighted by Gasteiger charge is -2.34. The predicted octanol–water partition coefficient (Wildman–Crippen LogP) is 1.55. The minimum absolute atomic E-state index is 0.0594. The van der Waals surface area contributed by atoms with Gasteiger partial charge in [-0.2, -0.15) is 0 Å². The summed E-state index contributed by atoms with van der Waals surface area (Å²) >= 11 is 3.46. The van der Waals surface area contributed by atoms with Gasteiger partial charge in [0, 0.05) is 39.1 Å². The van der Waals surface area contributed by atoms with E-state index in [9.17, 15) is 9.59 Å². The third-order valence-electron chi connectivity index (χ3n) is 4.00. The minimum Gasteiger partial charge on any atom is -0.492 e. The molecule has 1 aliphatic rings. The van der Waals surface area contributed by atoms with Crippen molar-refractivity contribution in [3.63, 3.8) is 0 Å². The topological polar surface area (TPSA) is 75.9 Å². The summed E-state index contributed by atoms with van der Waals surface area (Å²) in [7, 11) is 0. The van der Waals surface area contributed by atoms with Crippen LogP contribution in [-0.4, -0.2) is 60.9 Å². The van der Waals surface area contributed by atoms with E-state index >= 15 is 0 Å². The summed E-state index contributed by atoms with van der Waals surface area (Å²) in [4.78, 5) is 27.6. The Labute approximate surface area is 151 Å². The first-order chi connectivity index (χ1) is 11.5. The predicted molar refractivity (Wildman–Crippen MR) is 95.8 cm³/mol. The van der Waals surface area contributed by atoms with E-state index in [1.807, 2.05) is 25.1 Å². The van der Waals surface area contributed by atoms with Crippen molar-refractivity contribution in [3.8, 4) is 5.75 Å². The van der Waals surface area contributed by atoms with Crippen LogP contribution in [0.3, 0.4) is 0 Å². The molecule has 0 radical (unpaired) electrons. The molecule has 1 aromatic rings. The number of hydrogen-bond acceptors (Lipinski definition) is 4. The maximum Gasteiger partial charge on any atom is 0.226 e. The Morgan fingerprint density at radius 2 is 1.71 bits per heavy atom. The lowest BCUT2D eigenvalue weighted by atomic mass is 10.2. The number of carbonyl (C=O) groups excluding carboxylic acids is 2. The summed E-state index contributed by atoms with van der Waals surface area (Å²) in [5, 5.41) is 0. The fraction of sp³-hybridized carbons (Fsp3) is 0.529. The van der Waals surface area contributed by atoms with E-state index in [1.165, 1.54) is 0 Å². The molecule has 2 N–H and O–H groups in total. The fourth-order valence-electron chi connectivity index (χ4n) is 2.62. The number of aryl methyl sites for hydroxylation is 1. The molecule has 1 saturated heterocycles. The number of halogens is 1. The highest BCUT2D eigenvalue weighted by Gasteiger charge is 2.23. The molecule has 7 heteroatoms. The number of ether oxygens (including phenoxy) is 1. The molecule has 1 fully saturated rings. The zero-order valence-corrected chi connectivity index (χ0v) is 15.5. The van der Waals surface area contributed by atoms with E-state index in [0.29, 0.717) is 52.2 Å². The van der Waals surface area contributed by atoms with Crippen molar-refractivity contribution in [1.29, 1.82) is 0 Å². The molecular formula is C17H24BrN3O3. The van der Waals surface area contributed by atoms with Gasteiger partial charge in [-0.3, -0.25) is 9.59 Å². The monoisotopic (exact) mass is 397 g/mol. The molecule has 0 spiro atoms. The standard InChI is InChI=1S/C17H24BrN3O3/c1-13-2-3-15(14(18)12-13)24-11-5-17(23)21-9-7-20(8-10-21)16(22)4-6-19/h2-3,12H,4-11,19H2,1H3. The number of hydrogen-bond donors (Lipinski definition) is 1. The van der Waals surface area contributed by atoms with Gasteiger partial charge in [0.2, 0.25) is 11.8 Å². The van der Waals surface area contributed by atoms with Crippen LogP contribution in [0, 0.1) is 6.92 Å². The Kier molecular flexibility index (Phi) is 7.05. The second-order valence-electron chi connectivity index (χ2n) is 5.83. The van der Waals surface area contributed by atoms with Gasteiger partial charge in [0.15, 0.2) is 0 Å². The van der Waals surface area contributed by atoms with Gasteiger partial charge in [0.1, 0.15) is 5.75 Å². The Bertz CT molecular complexity index is 586. The molecule has 24 heavy (non-hydrogen) atoms. The third kappa shape index (κ3) is 5.21. The summed E-state index contributed by atoms with van der Waals surface area (Å²) < 4.78 is 6.56. The van der Waals surface area contributed by atoms with Crippen LogP contribution in [0.5, 0.6) is 5.75 Å². The average Bonchev–Trinajstić information content (AvgIpc) is 2.57. The molecule has 1 aromatic carbocycles. The zero-order chi connectivity index (χ0) is 17.5. The highest BCUT2D eigenvalue weighted by molar-refractivity contribution is 9.10. The second kappa shape index (κ2) is 9.03. The van der Waals surface area contributed by atoms with Gasteiger partial charge in [0.05, 0.1) is 17.5 Å². The normalized spacial score (nSPS) is 14.6. The van der Waals surface area contributed by atoms with Crippen LogP contribution in [0.4, 0.5) is 0 Å². The molecule has 0 atom stereocenters. The summed E-state index contributed by atoms with van der Waals surface area (Å²) in [5.41, 5.74) is 6.55. The molecule has 0 unspecified atom stereocenters. The fourth-order valence-corrected chi connectivity index (χ4v) is 3.22. The third-order valence-corrected chi connectivity index (χ3v) is 4.62. The molecule has 0 bridgehead atoms. The van der Waals surface area contributed by atoms with Gasteiger partial charge in [-0.05, 0) is 40.5 Å². The van der Waals surface area contributed by atoms with E-state index < -0.39 is 0 Å². The molecule has 2 amide bonds. The van der Waals surface area contributed by atoms with E-state index in [0.717, 1.165) is 15.8 Å². The van der Waals surface area contributed by atoms with Gasteiger partial charge in [-0.25, -0.2) is 0 Å². The lowest BCUT2D eigenvalue weighted by Crippen LogP contribution is -2.51. The van der Waals surface area contributed by atoms with Crippen LogP contribution in [0.2, 0.25) is 0 Å². The van der Waals surface area contributed by atoms with Crippen molar-refractivity contribution in [3.05, 3.63) is 28.2 Å². The molecule has 1 heterocycles. The Balaban J connectivity index is 1.73. The van der Waals surface area contributed by atoms with Gasteiger partial charge in [-0.15, -0.1) is 0 Å². The molecule has 0 aromatic heterocycles. The van der Waals surface area contributed by atoms with Gasteiger partial charge in [-0.1, -0.05) is 6.07 Å². The van der Waals surface area contributed by atoms with Crippen LogP contribution >= 0.6 is 15.9 Å². The maximum atomic E-state index is 12.2. The molecule has 132 valence electrons. The van der Waals surface area contributed by atoms with E-state index in [4.69, 9.17) is 10.5 Å². The van der Waals surface area contributed by atoms with Crippen molar-refractivity contribution < 1.29 is 14.3 Å². The minimum atomic E-state index is 0.0594. The smallest absolute Gasteiger partial charge is 0.226 e. The number of nitrogens with two attached hydrogens (primary N) is 1. The second-order valence-corrected chi connectivity index (χ2v) is 6.69. The average molecular weight is 398 g/mol. The molecule has 6 nitrogen and oxygen atoms in total. The first-order valence-corrected chi connectivity index (χ1v) is 8.95. The maximum absolute atomic E-state index is 12.2. The molecule has 0 saturated carbocycles. The highest BCUT2D eigenvalue weighted by atomic mass is 79.9.